The van der Waals surface area contributed by atoms with Gasteiger partial charge in [-0.25, -0.2) is 0 Å². The van der Waals surface area contributed by atoms with Crippen LogP contribution in [0.5, 0.6) is 0 Å². The third-order valence-corrected chi connectivity index (χ3v) is 2.40. The van der Waals surface area contributed by atoms with Crippen LogP contribution in [0.15, 0.2) is 4.52 Å². The molecule has 1 saturated heterocycles. The van der Waals surface area contributed by atoms with Crippen molar-refractivity contribution in [3.63, 3.8) is 0 Å². The average Bonchev–Trinajstić information content (AvgIpc) is 2.89. The average molecular weight is 213 g/mol. The van der Waals surface area contributed by atoms with E-state index < -0.39 is 6.10 Å². The van der Waals surface area contributed by atoms with Gasteiger partial charge in [0.25, 0.3) is 5.89 Å². The molecule has 2 atom stereocenters. The standard InChI is InChI=1S/C9H15N3O3/c10-4-3-6(13)9-11-8(12-15-9)7-2-1-5-14-7/h6-7,13H,1-5,10H2/t6-,7?/m0/s1. The van der Waals surface area contributed by atoms with E-state index in [0.29, 0.717) is 18.8 Å². The summed E-state index contributed by atoms with van der Waals surface area (Å²) in [7, 11) is 0. The molecular weight excluding hydrogens is 198 g/mol. The van der Waals surface area contributed by atoms with Crippen molar-refractivity contribution in [2.45, 2.75) is 31.5 Å². The van der Waals surface area contributed by atoms with Crippen molar-refractivity contribution in [3.05, 3.63) is 11.7 Å². The molecule has 0 amide bonds. The van der Waals surface area contributed by atoms with Crippen molar-refractivity contribution >= 4 is 0 Å². The van der Waals surface area contributed by atoms with Crippen molar-refractivity contribution in [1.82, 2.24) is 10.1 Å². The molecule has 1 aliphatic heterocycles. The van der Waals surface area contributed by atoms with E-state index in [2.05, 4.69) is 10.1 Å². The maximum absolute atomic E-state index is 9.56. The molecule has 0 spiro atoms. The summed E-state index contributed by atoms with van der Waals surface area (Å²) in [5.74, 6) is 0.754. The van der Waals surface area contributed by atoms with Crippen LogP contribution in [0.1, 0.15) is 43.2 Å². The Morgan fingerprint density at radius 3 is 3.13 bits per heavy atom. The van der Waals surface area contributed by atoms with Gasteiger partial charge in [0.1, 0.15) is 12.2 Å². The van der Waals surface area contributed by atoms with Crippen molar-refractivity contribution in [2.24, 2.45) is 5.73 Å². The molecular formula is C9H15N3O3. The highest BCUT2D eigenvalue weighted by Crippen LogP contribution is 2.27. The van der Waals surface area contributed by atoms with Gasteiger partial charge in [0.2, 0.25) is 5.82 Å². The quantitative estimate of drug-likeness (QED) is 0.747. The number of nitrogens with two attached hydrogens (primary N) is 1. The molecule has 0 aliphatic carbocycles. The lowest BCUT2D eigenvalue weighted by Gasteiger charge is -2.02. The summed E-state index contributed by atoms with van der Waals surface area (Å²) in [6, 6.07) is 0. The van der Waals surface area contributed by atoms with Crippen LogP contribution in [0.2, 0.25) is 0 Å². The molecule has 6 heteroatoms. The van der Waals surface area contributed by atoms with Crippen molar-refractivity contribution in [2.75, 3.05) is 13.2 Å². The highest BCUT2D eigenvalue weighted by atomic mass is 16.5. The van der Waals surface area contributed by atoms with Crippen LogP contribution in [-0.2, 0) is 4.74 Å². The van der Waals surface area contributed by atoms with E-state index in [1.165, 1.54) is 0 Å². The van der Waals surface area contributed by atoms with Crippen LogP contribution in [0.25, 0.3) is 0 Å². The Morgan fingerprint density at radius 1 is 1.60 bits per heavy atom. The van der Waals surface area contributed by atoms with Gasteiger partial charge in [-0.3, -0.25) is 0 Å². The molecule has 0 saturated carbocycles. The van der Waals surface area contributed by atoms with Crippen LogP contribution in [0, 0.1) is 0 Å². The van der Waals surface area contributed by atoms with E-state index >= 15 is 0 Å². The summed E-state index contributed by atoms with van der Waals surface area (Å²) < 4.78 is 10.3. The first-order valence-electron chi connectivity index (χ1n) is 5.14. The molecule has 1 aromatic heterocycles. The molecule has 15 heavy (non-hydrogen) atoms. The molecule has 0 radical (unpaired) electrons. The predicted molar refractivity (Wildman–Crippen MR) is 50.9 cm³/mol. The van der Waals surface area contributed by atoms with Crippen molar-refractivity contribution < 1.29 is 14.4 Å². The molecule has 1 fully saturated rings. The molecule has 3 N–H and O–H groups in total. The number of hydrogen-bond donors (Lipinski definition) is 2. The zero-order chi connectivity index (χ0) is 10.7. The van der Waals surface area contributed by atoms with Gasteiger partial charge in [-0.05, 0) is 25.8 Å². The van der Waals surface area contributed by atoms with Gasteiger partial charge >= 0.3 is 0 Å². The smallest absolute Gasteiger partial charge is 0.255 e. The molecule has 2 rings (SSSR count). The molecule has 0 aromatic carbocycles. The SMILES string of the molecule is NCC[C@H](O)c1nc(C2CCCO2)no1. The fourth-order valence-corrected chi connectivity index (χ4v) is 1.58. The monoisotopic (exact) mass is 213 g/mol. The van der Waals surface area contributed by atoms with Crippen LogP contribution in [0.3, 0.4) is 0 Å². The second-order valence-corrected chi connectivity index (χ2v) is 3.59. The zero-order valence-electron chi connectivity index (χ0n) is 8.43. The minimum absolute atomic E-state index is 0.0763. The van der Waals surface area contributed by atoms with E-state index in [1.54, 1.807) is 0 Å². The summed E-state index contributed by atoms with van der Waals surface area (Å²) in [5, 5.41) is 13.3. The minimum atomic E-state index is -0.766. The number of aliphatic hydroxyl groups is 1. The molecule has 0 bridgehead atoms. The minimum Gasteiger partial charge on any atom is -0.383 e. The lowest BCUT2D eigenvalue weighted by Crippen LogP contribution is -2.07. The van der Waals surface area contributed by atoms with Gasteiger partial charge in [-0.1, -0.05) is 5.16 Å². The third-order valence-electron chi connectivity index (χ3n) is 2.40. The molecule has 2 heterocycles. The summed E-state index contributed by atoms with van der Waals surface area (Å²) in [6.07, 6.45) is 1.50. The second kappa shape index (κ2) is 4.69. The van der Waals surface area contributed by atoms with E-state index in [1.807, 2.05) is 0 Å². The highest BCUT2D eigenvalue weighted by molar-refractivity contribution is 4.95. The Labute approximate surface area is 87.4 Å². The van der Waals surface area contributed by atoms with Crippen LogP contribution in [-0.4, -0.2) is 28.4 Å². The third kappa shape index (κ3) is 2.34. The summed E-state index contributed by atoms with van der Waals surface area (Å²) in [4.78, 5) is 4.10. The molecule has 1 aliphatic rings. The van der Waals surface area contributed by atoms with Gasteiger partial charge in [-0.15, -0.1) is 0 Å². The van der Waals surface area contributed by atoms with Gasteiger partial charge in [0.15, 0.2) is 0 Å². The largest absolute Gasteiger partial charge is 0.383 e. The van der Waals surface area contributed by atoms with Crippen molar-refractivity contribution in [1.29, 1.82) is 0 Å². The molecule has 1 aromatic rings. The van der Waals surface area contributed by atoms with E-state index in [-0.39, 0.29) is 12.0 Å². The first kappa shape index (κ1) is 10.5. The summed E-state index contributed by atoms with van der Waals surface area (Å²) in [6.45, 7) is 1.12. The van der Waals surface area contributed by atoms with Crippen LogP contribution in [0.4, 0.5) is 0 Å². The fourth-order valence-electron chi connectivity index (χ4n) is 1.58. The second-order valence-electron chi connectivity index (χ2n) is 3.59. The number of rotatable bonds is 4. The predicted octanol–water partition coefficient (Wildman–Crippen LogP) is 0.303. The molecule has 1 unspecified atom stereocenters. The summed E-state index contributed by atoms with van der Waals surface area (Å²) in [5.41, 5.74) is 5.32. The maximum Gasteiger partial charge on any atom is 0.255 e. The van der Waals surface area contributed by atoms with E-state index in [4.69, 9.17) is 15.0 Å². The van der Waals surface area contributed by atoms with Gasteiger partial charge in [0.05, 0.1) is 0 Å². The first-order chi connectivity index (χ1) is 7.31. The van der Waals surface area contributed by atoms with E-state index in [9.17, 15) is 5.11 Å². The first-order valence-corrected chi connectivity index (χ1v) is 5.14. The molecule has 6 nitrogen and oxygen atoms in total. The number of nitrogens with zero attached hydrogens (tertiary/aromatic N) is 2. The summed E-state index contributed by atoms with van der Waals surface area (Å²) >= 11 is 0. The normalized spacial score (nSPS) is 23.2. The van der Waals surface area contributed by atoms with E-state index in [0.717, 1.165) is 19.4 Å². The Balaban J connectivity index is 2.02. The number of aromatic nitrogens is 2. The Morgan fingerprint density at radius 2 is 2.47 bits per heavy atom. The van der Waals surface area contributed by atoms with Crippen molar-refractivity contribution in [3.8, 4) is 0 Å². The molecule has 84 valence electrons. The number of ether oxygens (including phenoxy) is 1. The topological polar surface area (TPSA) is 94.4 Å². The van der Waals surface area contributed by atoms with Gasteiger partial charge in [-0.2, -0.15) is 4.98 Å². The fraction of sp³-hybridized carbons (Fsp3) is 0.778. The lowest BCUT2D eigenvalue weighted by atomic mass is 10.2. The Kier molecular flexibility index (Phi) is 3.30. The maximum atomic E-state index is 9.56. The van der Waals surface area contributed by atoms with Crippen LogP contribution >= 0.6 is 0 Å². The lowest BCUT2D eigenvalue weighted by molar-refractivity contribution is 0.102. The Bertz CT molecular complexity index is 309. The van der Waals surface area contributed by atoms with Gasteiger partial charge in [0, 0.05) is 6.61 Å². The number of aliphatic hydroxyl groups excluding tert-OH is 1. The Hall–Kier alpha value is -0.980. The zero-order valence-corrected chi connectivity index (χ0v) is 8.43. The number of hydrogen-bond acceptors (Lipinski definition) is 6. The van der Waals surface area contributed by atoms with Gasteiger partial charge < -0.3 is 20.1 Å². The highest BCUT2D eigenvalue weighted by Gasteiger charge is 2.24. The van der Waals surface area contributed by atoms with Crippen LogP contribution < -0.4 is 5.73 Å².